The molecule has 0 radical (unpaired) electrons. The number of nitrogens with zero attached hydrogens (tertiary/aromatic N) is 3. The van der Waals surface area contributed by atoms with Gasteiger partial charge in [-0.25, -0.2) is 4.98 Å². The lowest BCUT2D eigenvalue weighted by Gasteiger charge is -2.06. The number of alkyl halides is 3. The molecule has 6 nitrogen and oxygen atoms in total. The van der Waals surface area contributed by atoms with Crippen molar-refractivity contribution >= 4 is 22.4 Å². The number of amides is 1. The van der Waals surface area contributed by atoms with E-state index in [2.05, 4.69) is 26.6 Å². The summed E-state index contributed by atoms with van der Waals surface area (Å²) in [6.07, 6.45) is -1.78. The number of benzene rings is 2. The van der Waals surface area contributed by atoms with Crippen LogP contribution in [-0.4, -0.2) is 21.1 Å². The molecule has 4 rings (SSSR count). The number of rotatable bonds is 7. The zero-order chi connectivity index (χ0) is 23.4. The van der Waals surface area contributed by atoms with E-state index in [1.165, 1.54) is 34.6 Å². The first kappa shape index (κ1) is 22.7. The highest BCUT2D eigenvalue weighted by Gasteiger charge is 2.30. The van der Waals surface area contributed by atoms with Crippen LogP contribution in [0.15, 0.2) is 59.1 Å². The molecule has 0 fully saturated rings. The summed E-state index contributed by atoms with van der Waals surface area (Å²) in [6, 6.07) is 12.8. The first-order chi connectivity index (χ1) is 15.8. The average molecular weight is 472 g/mol. The quantitative estimate of drug-likeness (QED) is 0.374. The first-order valence-electron chi connectivity index (χ1n) is 10.1. The van der Waals surface area contributed by atoms with Gasteiger partial charge in [0.15, 0.2) is 5.13 Å². The second-order valence-electron chi connectivity index (χ2n) is 7.43. The summed E-state index contributed by atoms with van der Waals surface area (Å²) in [6.45, 7) is 2.04. The molecule has 2 heterocycles. The van der Waals surface area contributed by atoms with Crippen molar-refractivity contribution in [3.63, 3.8) is 0 Å². The van der Waals surface area contributed by atoms with Gasteiger partial charge >= 0.3 is 6.18 Å². The smallest absolute Gasteiger partial charge is 0.416 e. The van der Waals surface area contributed by atoms with Gasteiger partial charge < -0.3 is 9.73 Å². The maximum Gasteiger partial charge on any atom is 0.416 e. The Morgan fingerprint density at radius 2 is 1.94 bits per heavy atom. The van der Waals surface area contributed by atoms with Gasteiger partial charge in [-0.1, -0.05) is 35.9 Å². The molecule has 170 valence electrons. The van der Waals surface area contributed by atoms with Crippen LogP contribution in [-0.2, 0) is 23.8 Å². The fourth-order valence-corrected chi connectivity index (χ4v) is 4.04. The molecule has 0 aliphatic carbocycles. The molecule has 1 amide bonds. The van der Waals surface area contributed by atoms with Crippen molar-refractivity contribution in [2.75, 3.05) is 5.32 Å². The molecule has 2 aromatic carbocycles. The molecule has 10 heteroatoms. The summed E-state index contributed by atoms with van der Waals surface area (Å²) in [7, 11) is 0. The molecule has 0 aliphatic rings. The third-order valence-corrected chi connectivity index (χ3v) is 5.64. The van der Waals surface area contributed by atoms with E-state index in [9.17, 15) is 18.0 Å². The third kappa shape index (κ3) is 6.04. The Morgan fingerprint density at radius 3 is 2.73 bits per heavy atom. The standard InChI is InChI=1S/C23H19F3N4O2S/c1-14-4-2-5-15(10-14)11-18-13-27-22(33-18)28-19(31)8-9-20-29-30-21(32-20)16-6-3-7-17(12-16)23(24,25)26/h2-7,10,12-13H,8-9,11H2,1H3,(H,27,28,31). The highest BCUT2D eigenvalue weighted by molar-refractivity contribution is 7.15. The Bertz CT molecular complexity index is 1270. The zero-order valence-corrected chi connectivity index (χ0v) is 18.3. The van der Waals surface area contributed by atoms with E-state index >= 15 is 0 Å². The van der Waals surface area contributed by atoms with Gasteiger partial charge in [0, 0.05) is 35.9 Å². The number of halogens is 3. The fourth-order valence-electron chi connectivity index (χ4n) is 3.17. The maximum atomic E-state index is 12.9. The lowest BCUT2D eigenvalue weighted by atomic mass is 10.1. The van der Waals surface area contributed by atoms with Crippen molar-refractivity contribution in [2.24, 2.45) is 0 Å². The van der Waals surface area contributed by atoms with E-state index in [1.54, 1.807) is 6.20 Å². The van der Waals surface area contributed by atoms with Crippen molar-refractivity contribution in [1.29, 1.82) is 0 Å². The van der Waals surface area contributed by atoms with Crippen LogP contribution < -0.4 is 5.32 Å². The van der Waals surface area contributed by atoms with Gasteiger partial charge in [-0.15, -0.1) is 21.5 Å². The Balaban J connectivity index is 1.31. The van der Waals surface area contributed by atoms with Crippen LogP contribution in [0, 0.1) is 6.92 Å². The molecular weight excluding hydrogens is 453 g/mol. The average Bonchev–Trinajstić information content (AvgIpc) is 3.41. The molecule has 4 aromatic rings. The molecule has 0 saturated heterocycles. The monoisotopic (exact) mass is 472 g/mol. The maximum absolute atomic E-state index is 12.9. The van der Waals surface area contributed by atoms with Gasteiger partial charge in [0.2, 0.25) is 17.7 Å². The van der Waals surface area contributed by atoms with Gasteiger partial charge in [-0.2, -0.15) is 13.2 Å². The third-order valence-electron chi connectivity index (χ3n) is 4.73. The van der Waals surface area contributed by atoms with Crippen LogP contribution in [0.25, 0.3) is 11.5 Å². The van der Waals surface area contributed by atoms with Gasteiger partial charge in [-0.3, -0.25) is 4.79 Å². The van der Waals surface area contributed by atoms with Crippen molar-refractivity contribution in [1.82, 2.24) is 15.2 Å². The van der Waals surface area contributed by atoms with Gasteiger partial charge in [0.05, 0.1) is 5.56 Å². The lowest BCUT2D eigenvalue weighted by molar-refractivity contribution is -0.137. The fraction of sp³-hybridized carbons (Fsp3) is 0.217. The molecule has 0 saturated carbocycles. The lowest BCUT2D eigenvalue weighted by Crippen LogP contribution is -2.12. The zero-order valence-electron chi connectivity index (χ0n) is 17.5. The van der Waals surface area contributed by atoms with E-state index < -0.39 is 11.7 Å². The summed E-state index contributed by atoms with van der Waals surface area (Å²) in [5.41, 5.74) is 1.72. The number of hydrogen-bond acceptors (Lipinski definition) is 6. The molecule has 1 N–H and O–H groups in total. The first-order valence-corrected chi connectivity index (χ1v) is 10.9. The summed E-state index contributed by atoms with van der Waals surface area (Å²) >= 11 is 1.40. The van der Waals surface area contributed by atoms with E-state index in [1.807, 2.05) is 25.1 Å². The van der Waals surface area contributed by atoms with Crippen LogP contribution in [0.3, 0.4) is 0 Å². The molecule has 0 spiro atoms. The predicted molar refractivity (Wildman–Crippen MR) is 118 cm³/mol. The summed E-state index contributed by atoms with van der Waals surface area (Å²) in [5, 5.41) is 10.9. The van der Waals surface area contributed by atoms with Crippen molar-refractivity contribution < 1.29 is 22.4 Å². The molecule has 0 bridgehead atoms. The Kier molecular flexibility index (Phi) is 6.55. The number of aromatic nitrogens is 3. The Morgan fingerprint density at radius 1 is 1.12 bits per heavy atom. The number of carbonyl (C=O) groups excluding carboxylic acids is 1. The largest absolute Gasteiger partial charge is 0.421 e. The molecule has 33 heavy (non-hydrogen) atoms. The highest BCUT2D eigenvalue weighted by atomic mass is 32.1. The number of anilines is 1. The van der Waals surface area contributed by atoms with E-state index in [-0.39, 0.29) is 36.1 Å². The molecule has 0 aliphatic heterocycles. The number of carbonyl (C=O) groups is 1. The number of nitrogens with one attached hydrogen (secondary N) is 1. The molecule has 2 aromatic heterocycles. The Labute approximate surface area is 191 Å². The minimum absolute atomic E-state index is 0.0303. The van der Waals surface area contributed by atoms with Crippen LogP contribution in [0.4, 0.5) is 18.3 Å². The summed E-state index contributed by atoms with van der Waals surface area (Å²) in [4.78, 5) is 17.5. The molecule has 0 atom stereocenters. The minimum atomic E-state index is -4.47. The Hall–Kier alpha value is -3.53. The normalized spacial score (nSPS) is 11.5. The summed E-state index contributed by atoms with van der Waals surface area (Å²) < 4.78 is 44.1. The second kappa shape index (κ2) is 9.53. The van der Waals surface area contributed by atoms with Crippen molar-refractivity contribution in [3.05, 3.63) is 82.2 Å². The molecule has 0 unspecified atom stereocenters. The van der Waals surface area contributed by atoms with Crippen LogP contribution in [0.1, 0.15) is 33.9 Å². The van der Waals surface area contributed by atoms with Crippen LogP contribution >= 0.6 is 11.3 Å². The summed E-state index contributed by atoms with van der Waals surface area (Å²) in [5.74, 6) is -0.140. The van der Waals surface area contributed by atoms with E-state index in [0.717, 1.165) is 23.4 Å². The van der Waals surface area contributed by atoms with E-state index in [4.69, 9.17) is 4.42 Å². The topological polar surface area (TPSA) is 80.9 Å². The van der Waals surface area contributed by atoms with Crippen LogP contribution in [0.2, 0.25) is 0 Å². The molecular formula is C23H19F3N4O2S. The predicted octanol–water partition coefficient (Wildman–Crippen LogP) is 5.68. The van der Waals surface area contributed by atoms with Gasteiger partial charge in [0.1, 0.15) is 0 Å². The van der Waals surface area contributed by atoms with Gasteiger partial charge in [0.25, 0.3) is 0 Å². The number of aryl methyl sites for hydroxylation is 2. The van der Waals surface area contributed by atoms with E-state index in [0.29, 0.717) is 5.13 Å². The highest BCUT2D eigenvalue weighted by Crippen LogP contribution is 2.32. The van der Waals surface area contributed by atoms with Crippen molar-refractivity contribution in [2.45, 2.75) is 32.4 Å². The van der Waals surface area contributed by atoms with Gasteiger partial charge in [-0.05, 0) is 30.7 Å². The minimum Gasteiger partial charge on any atom is -0.421 e. The number of hydrogen-bond donors (Lipinski definition) is 1. The van der Waals surface area contributed by atoms with Crippen molar-refractivity contribution in [3.8, 4) is 11.5 Å². The number of thiazole rings is 1. The van der Waals surface area contributed by atoms with Crippen LogP contribution in [0.5, 0.6) is 0 Å². The second-order valence-corrected chi connectivity index (χ2v) is 8.54. The SMILES string of the molecule is Cc1cccc(Cc2cnc(NC(=O)CCc3nnc(-c4cccc(C(F)(F)F)c4)o3)s2)c1.